The van der Waals surface area contributed by atoms with Crippen LogP contribution in [-0.4, -0.2) is 42.5 Å². The van der Waals surface area contributed by atoms with E-state index in [9.17, 15) is 4.79 Å². The molecule has 124 valence electrons. The molecule has 0 radical (unpaired) electrons. The van der Waals surface area contributed by atoms with Crippen LogP contribution in [0, 0.1) is 0 Å². The number of carbonyl (C=O) groups excluding carboxylic acids is 1. The number of amides is 1. The van der Waals surface area contributed by atoms with E-state index in [4.69, 9.17) is 23.4 Å². The Morgan fingerprint density at radius 2 is 1.83 bits per heavy atom. The van der Waals surface area contributed by atoms with Gasteiger partial charge in [-0.1, -0.05) is 5.10 Å². The van der Waals surface area contributed by atoms with Crippen LogP contribution in [0.25, 0.3) is 11.5 Å². The van der Waals surface area contributed by atoms with Gasteiger partial charge >= 0.3 is 6.01 Å². The summed E-state index contributed by atoms with van der Waals surface area (Å²) in [5.41, 5.74) is 0.656. The number of nitrogens with one attached hydrogen (secondary N) is 1. The zero-order valence-electron chi connectivity index (χ0n) is 12.5. The molecule has 9 nitrogen and oxygen atoms in total. The summed E-state index contributed by atoms with van der Waals surface area (Å²) in [6, 6.07) is 5.24. The normalized spacial score (nSPS) is 15.8. The Hall–Kier alpha value is -3.23. The minimum atomic E-state index is -0.521. The zero-order valence-corrected chi connectivity index (χ0v) is 12.5. The Kier molecular flexibility index (Phi) is 3.66. The monoisotopic (exact) mass is 331 g/mol. The van der Waals surface area contributed by atoms with Crippen molar-refractivity contribution in [1.29, 1.82) is 0 Å². The second kappa shape index (κ2) is 6.11. The summed E-state index contributed by atoms with van der Waals surface area (Å²) in [5, 5.41) is 10.2. The van der Waals surface area contributed by atoms with E-state index in [1.54, 1.807) is 18.2 Å². The molecule has 0 aliphatic carbocycles. The lowest BCUT2D eigenvalue weighted by Crippen LogP contribution is -2.21. The van der Waals surface area contributed by atoms with Crippen LogP contribution >= 0.6 is 0 Å². The molecule has 0 fully saturated rings. The van der Waals surface area contributed by atoms with Gasteiger partial charge in [0.15, 0.2) is 11.5 Å². The van der Waals surface area contributed by atoms with Crippen molar-refractivity contribution in [3.05, 3.63) is 30.2 Å². The van der Waals surface area contributed by atoms with Crippen molar-refractivity contribution in [2.75, 3.05) is 31.7 Å². The number of nitrogens with zero attached hydrogens (tertiary/aromatic N) is 2. The van der Waals surface area contributed by atoms with E-state index >= 15 is 0 Å². The Balaban J connectivity index is 1.50. The van der Waals surface area contributed by atoms with E-state index < -0.39 is 5.91 Å². The van der Waals surface area contributed by atoms with Gasteiger partial charge in [-0.15, -0.1) is 5.10 Å². The third kappa shape index (κ3) is 2.83. The minimum absolute atomic E-state index is 0.0417. The summed E-state index contributed by atoms with van der Waals surface area (Å²) in [6.07, 6.45) is 1.25. The van der Waals surface area contributed by atoms with Crippen LogP contribution in [-0.2, 0) is 14.3 Å². The van der Waals surface area contributed by atoms with Gasteiger partial charge in [-0.25, -0.2) is 0 Å². The van der Waals surface area contributed by atoms with E-state index in [-0.39, 0.29) is 17.7 Å². The van der Waals surface area contributed by atoms with Gasteiger partial charge < -0.3 is 23.4 Å². The lowest BCUT2D eigenvalue weighted by molar-refractivity contribution is -0.117. The number of anilines is 1. The fraction of sp³-hybridized carbons (Fsp3) is 0.267. The Morgan fingerprint density at radius 1 is 1.00 bits per heavy atom. The maximum Gasteiger partial charge on any atom is 0.322 e. The summed E-state index contributed by atoms with van der Waals surface area (Å²) in [4.78, 5) is 12.0. The first-order valence-electron chi connectivity index (χ1n) is 7.29. The van der Waals surface area contributed by atoms with Gasteiger partial charge in [-0.05, 0) is 18.2 Å². The molecule has 1 amide bonds. The summed E-state index contributed by atoms with van der Waals surface area (Å²) >= 11 is 0. The molecule has 0 spiro atoms. The predicted molar refractivity (Wildman–Crippen MR) is 79.3 cm³/mol. The van der Waals surface area contributed by atoms with E-state index in [0.29, 0.717) is 43.5 Å². The molecule has 3 heterocycles. The Morgan fingerprint density at radius 3 is 2.67 bits per heavy atom. The summed E-state index contributed by atoms with van der Waals surface area (Å²) in [7, 11) is 0. The standard InChI is InChI=1S/C15H13N3O6/c19-13(12-8-20-3-4-23-12)16-15-18-17-14(24-15)9-1-2-10-11(7-9)22-6-5-21-10/h1-2,7-8H,3-6H2,(H,16,18,19). The zero-order chi connectivity index (χ0) is 16.4. The molecular formula is C15H13N3O6. The van der Waals surface area contributed by atoms with Crippen molar-refractivity contribution in [3.8, 4) is 23.0 Å². The summed E-state index contributed by atoms with van der Waals surface area (Å²) in [6.45, 7) is 1.72. The number of benzene rings is 1. The smallest absolute Gasteiger partial charge is 0.322 e. The average Bonchev–Trinajstić information content (AvgIpc) is 3.10. The first kappa shape index (κ1) is 14.4. The van der Waals surface area contributed by atoms with Crippen LogP contribution in [0.3, 0.4) is 0 Å². The molecule has 2 aromatic rings. The molecule has 2 aliphatic rings. The highest BCUT2D eigenvalue weighted by Gasteiger charge is 2.19. The quantitative estimate of drug-likeness (QED) is 0.898. The lowest BCUT2D eigenvalue weighted by atomic mass is 10.2. The van der Waals surface area contributed by atoms with Crippen molar-refractivity contribution < 1.29 is 28.2 Å². The van der Waals surface area contributed by atoms with Crippen LogP contribution in [0.15, 0.2) is 34.6 Å². The number of fused-ring (bicyclic) bond motifs is 1. The molecule has 0 saturated heterocycles. The van der Waals surface area contributed by atoms with Gasteiger partial charge in [-0.2, -0.15) is 0 Å². The largest absolute Gasteiger partial charge is 0.494 e. The van der Waals surface area contributed by atoms with Gasteiger partial charge in [0.25, 0.3) is 5.91 Å². The highest BCUT2D eigenvalue weighted by molar-refractivity contribution is 6.00. The second-order valence-electron chi connectivity index (χ2n) is 4.93. The number of carbonyl (C=O) groups is 1. The van der Waals surface area contributed by atoms with E-state index in [2.05, 4.69) is 15.5 Å². The SMILES string of the molecule is O=C(Nc1nnc(-c2ccc3c(c2)OCCO3)o1)C1=COCCO1. The summed E-state index contributed by atoms with van der Waals surface area (Å²) in [5.74, 6) is 1.06. The summed E-state index contributed by atoms with van der Waals surface area (Å²) < 4.78 is 26.6. The van der Waals surface area contributed by atoms with Crippen LogP contribution in [0.5, 0.6) is 11.5 Å². The fourth-order valence-corrected chi connectivity index (χ4v) is 2.21. The topological polar surface area (TPSA) is 105 Å². The molecule has 1 aromatic carbocycles. The lowest BCUT2D eigenvalue weighted by Gasteiger charge is -2.18. The molecule has 9 heteroatoms. The molecule has 4 rings (SSSR count). The number of hydrogen-bond acceptors (Lipinski definition) is 8. The Labute approximate surface area is 136 Å². The van der Waals surface area contributed by atoms with Crippen LogP contribution in [0.4, 0.5) is 6.01 Å². The third-order valence-corrected chi connectivity index (χ3v) is 3.31. The predicted octanol–water partition coefficient (Wildman–Crippen LogP) is 1.33. The van der Waals surface area contributed by atoms with E-state index in [0.717, 1.165) is 0 Å². The van der Waals surface area contributed by atoms with E-state index in [1.165, 1.54) is 6.26 Å². The van der Waals surface area contributed by atoms with Gasteiger partial charge in [0, 0.05) is 5.56 Å². The minimum Gasteiger partial charge on any atom is -0.494 e. The van der Waals surface area contributed by atoms with Crippen LogP contribution in [0.1, 0.15) is 0 Å². The highest BCUT2D eigenvalue weighted by atomic mass is 16.6. The van der Waals surface area contributed by atoms with Gasteiger partial charge in [0.05, 0.1) is 0 Å². The molecule has 0 bridgehead atoms. The number of hydrogen-bond donors (Lipinski definition) is 1. The molecule has 1 aromatic heterocycles. The Bertz CT molecular complexity index is 800. The molecule has 2 aliphatic heterocycles. The van der Waals surface area contributed by atoms with Crippen molar-refractivity contribution in [3.63, 3.8) is 0 Å². The second-order valence-corrected chi connectivity index (χ2v) is 4.93. The number of aromatic nitrogens is 2. The van der Waals surface area contributed by atoms with Crippen molar-refractivity contribution >= 4 is 11.9 Å². The molecule has 24 heavy (non-hydrogen) atoms. The van der Waals surface area contributed by atoms with Crippen LogP contribution < -0.4 is 14.8 Å². The number of rotatable bonds is 3. The molecular weight excluding hydrogens is 318 g/mol. The highest BCUT2D eigenvalue weighted by Crippen LogP contribution is 2.34. The first-order valence-corrected chi connectivity index (χ1v) is 7.29. The molecule has 1 N–H and O–H groups in total. The van der Waals surface area contributed by atoms with Crippen LogP contribution in [0.2, 0.25) is 0 Å². The van der Waals surface area contributed by atoms with Crippen molar-refractivity contribution in [2.24, 2.45) is 0 Å². The average molecular weight is 331 g/mol. The molecule has 0 atom stereocenters. The first-order chi connectivity index (χ1) is 11.8. The van der Waals surface area contributed by atoms with Crippen molar-refractivity contribution in [2.45, 2.75) is 0 Å². The fourth-order valence-electron chi connectivity index (χ4n) is 2.21. The van der Waals surface area contributed by atoms with Crippen molar-refractivity contribution in [1.82, 2.24) is 10.2 Å². The maximum absolute atomic E-state index is 12.0. The molecule has 0 saturated carbocycles. The van der Waals surface area contributed by atoms with Gasteiger partial charge in [-0.3, -0.25) is 10.1 Å². The third-order valence-electron chi connectivity index (χ3n) is 3.31. The molecule has 0 unspecified atom stereocenters. The van der Waals surface area contributed by atoms with Gasteiger partial charge in [0.1, 0.15) is 32.7 Å². The maximum atomic E-state index is 12.0. The number of ether oxygens (including phenoxy) is 4. The van der Waals surface area contributed by atoms with E-state index in [1.807, 2.05) is 0 Å². The van der Waals surface area contributed by atoms with Gasteiger partial charge in [0.2, 0.25) is 11.6 Å².